The van der Waals surface area contributed by atoms with Crippen LogP contribution >= 0.6 is 23.2 Å². The SMILES string of the molecule is CNC(=O)c1cc2c(Cl)c(Cl)ccc2[nH]1. The zero-order chi connectivity index (χ0) is 11.0. The molecule has 0 saturated carbocycles. The van der Waals surface area contributed by atoms with Crippen LogP contribution in [0.15, 0.2) is 18.2 Å². The average Bonchev–Trinajstić information content (AvgIpc) is 2.67. The number of aromatic nitrogens is 1. The maximum atomic E-state index is 11.4. The fourth-order valence-corrected chi connectivity index (χ4v) is 1.78. The number of carbonyl (C=O) groups excluding carboxylic acids is 1. The lowest BCUT2D eigenvalue weighted by molar-refractivity contribution is 0.0959. The van der Waals surface area contributed by atoms with Crippen molar-refractivity contribution in [1.29, 1.82) is 0 Å². The highest BCUT2D eigenvalue weighted by molar-refractivity contribution is 6.45. The maximum absolute atomic E-state index is 11.4. The van der Waals surface area contributed by atoms with Crippen LogP contribution < -0.4 is 5.32 Å². The van der Waals surface area contributed by atoms with Gasteiger partial charge in [0.25, 0.3) is 5.91 Å². The molecule has 1 amide bonds. The predicted octanol–water partition coefficient (Wildman–Crippen LogP) is 2.83. The molecule has 0 aliphatic rings. The number of hydrogen-bond acceptors (Lipinski definition) is 1. The summed E-state index contributed by atoms with van der Waals surface area (Å²) in [6, 6.07) is 5.16. The standard InChI is InChI=1S/C10H8Cl2N2O/c1-13-10(15)8-4-5-7(14-8)3-2-6(11)9(5)12/h2-4,14H,1H3,(H,13,15). The minimum absolute atomic E-state index is 0.182. The molecule has 78 valence electrons. The monoisotopic (exact) mass is 242 g/mol. The summed E-state index contributed by atoms with van der Waals surface area (Å²) in [5.74, 6) is -0.182. The van der Waals surface area contributed by atoms with Gasteiger partial charge in [-0.25, -0.2) is 0 Å². The van der Waals surface area contributed by atoms with Crippen molar-refractivity contribution in [2.75, 3.05) is 7.05 Å². The summed E-state index contributed by atoms with van der Waals surface area (Å²) in [7, 11) is 1.57. The molecule has 0 spiro atoms. The summed E-state index contributed by atoms with van der Waals surface area (Å²) in [6.07, 6.45) is 0. The van der Waals surface area contributed by atoms with Gasteiger partial charge in [0.1, 0.15) is 5.69 Å². The highest BCUT2D eigenvalue weighted by Crippen LogP contribution is 2.30. The van der Waals surface area contributed by atoms with Crippen LogP contribution in [-0.2, 0) is 0 Å². The van der Waals surface area contributed by atoms with E-state index in [1.165, 1.54) is 0 Å². The van der Waals surface area contributed by atoms with Crippen LogP contribution in [0.25, 0.3) is 10.9 Å². The van der Waals surface area contributed by atoms with Crippen LogP contribution in [0.5, 0.6) is 0 Å². The second kappa shape index (κ2) is 3.76. The van der Waals surface area contributed by atoms with Crippen molar-refractivity contribution in [1.82, 2.24) is 10.3 Å². The largest absolute Gasteiger partial charge is 0.354 e. The van der Waals surface area contributed by atoms with Gasteiger partial charge in [-0.15, -0.1) is 0 Å². The summed E-state index contributed by atoms with van der Waals surface area (Å²) < 4.78 is 0. The number of nitrogens with one attached hydrogen (secondary N) is 2. The van der Waals surface area contributed by atoms with Crippen molar-refractivity contribution in [2.24, 2.45) is 0 Å². The van der Waals surface area contributed by atoms with E-state index in [-0.39, 0.29) is 5.91 Å². The molecule has 1 heterocycles. The van der Waals surface area contributed by atoms with Crippen LogP contribution in [0.1, 0.15) is 10.5 Å². The first-order valence-corrected chi connectivity index (χ1v) is 5.08. The third kappa shape index (κ3) is 1.68. The quantitative estimate of drug-likeness (QED) is 0.794. The van der Waals surface area contributed by atoms with E-state index in [1.807, 2.05) is 0 Å². The van der Waals surface area contributed by atoms with Crippen molar-refractivity contribution in [3.05, 3.63) is 33.9 Å². The molecule has 0 aliphatic heterocycles. The van der Waals surface area contributed by atoms with Gasteiger partial charge in [0.05, 0.1) is 10.0 Å². The number of carbonyl (C=O) groups is 1. The lowest BCUT2D eigenvalue weighted by atomic mass is 10.2. The van der Waals surface area contributed by atoms with E-state index in [0.29, 0.717) is 15.7 Å². The highest BCUT2D eigenvalue weighted by atomic mass is 35.5. The Balaban J connectivity index is 2.66. The third-order valence-electron chi connectivity index (χ3n) is 2.16. The van der Waals surface area contributed by atoms with E-state index < -0.39 is 0 Å². The summed E-state index contributed by atoms with van der Waals surface area (Å²) in [5.41, 5.74) is 1.26. The Labute approximate surface area is 96.4 Å². The molecule has 0 radical (unpaired) electrons. The zero-order valence-electron chi connectivity index (χ0n) is 7.90. The van der Waals surface area contributed by atoms with E-state index in [4.69, 9.17) is 23.2 Å². The van der Waals surface area contributed by atoms with Crippen molar-refractivity contribution in [3.63, 3.8) is 0 Å². The zero-order valence-corrected chi connectivity index (χ0v) is 9.41. The molecular formula is C10H8Cl2N2O. The van der Waals surface area contributed by atoms with Gasteiger partial charge in [-0.1, -0.05) is 23.2 Å². The van der Waals surface area contributed by atoms with Gasteiger partial charge in [0.2, 0.25) is 0 Å². The Kier molecular flexibility index (Phi) is 2.59. The molecule has 0 aliphatic carbocycles. The summed E-state index contributed by atoms with van der Waals surface area (Å²) in [6.45, 7) is 0. The van der Waals surface area contributed by atoms with Crippen LogP contribution in [0.3, 0.4) is 0 Å². The number of halogens is 2. The number of rotatable bonds is 1. The molecule has 0 unspecified atom stereocenters. The molecule has 1 aromatic heterocycles. The first-order chi connectivity index (χ1) is 7.13. The smallest absolute Gasteiger partial charge is 0.267 e. The van der Waals surface area contributed by atoms with Gasteiger partial charge >= 0.3 is 0 Å². The Morgan fingerprint density at radius 2 is 2.13 bits per heavy atom. The Hall–Kier alpha value is -1.19. The molecule has 0 fully saturated rings. The first-order valence-electron chi connectivity index (χ1n) is 4.32. The second-order valence-electron chi connectivity index (χ2n) is 3.08. The molecular weight excluding hydrogens is 235 g/mol. The molecule has 2 rings (SSSR count). The van der Waals surface area contributed by atoms with E-state index in [1.54, 1.807) is 25.2 Å². The number of amides is 1. The molecule has 1 aromatic carbocycles. The van der Waals surface area contributed by atoms with Gasteiger partial charge in [0.15, 0.2) is 0 Å². The molecule has 0 saturated heterocycles. The summed E-state index contributed by atoms with van der Waals surface area (Å²) in [5, 5.41) is 4.22. The van der Waals surface area contributed by atoms with Crippen LogP contribution in [0, 0.1) is 0 Å². The average molecular weight is 243 g/mol. The van der Waals surface area contributed by atoms with Crippen molar-refractivity contribution in [2.45, 2.75) is 0 Å². The van der Waals surface area contributed by atoms with Gasteiger partial charge in [-0.05, 0) is 18.2 Å². The van der Waals surface area contributed by atoms with Crippen LogP contribution in [0.4, 0.5) is 0 Å². The van der Waals surface area contributed by atoms with E-state index in [9.17, 15) is 4.79 Å². The molecule has 0 atom stereocenters. The molecule has 5 heteroatoms. The summed E-state index contributed by atoms with van der Waals surface area (Å²) in [4.78, 5) is 14.3. The lowest BCUT2D eigenvalue weighted by Gasteiger charge is -1.95. The minimum Gasteiger partial charge on any atom is -0.354 e. The van der Waals surface area contributed by atoms with Gasteiger partial charge < -0.3 is 10.3 Å². The Bertz CT molecular complexity index is 533. The van der Waals surface area contributed by atoms with E-state index in [2.05, 4.69) is 10.3 Å². The molecule has 3 nitrogen and oxygen atoms in total. The van der Waals surface area contributed by atoms with Gasteiger partial charge in [-0.3, -0.25) is 4.79 Å². The van der Waals surface area contributed by atoms with Crippen molar-refractivity contribution < 1.29 is 4.79 Å². The van der Waals surface area contributed by atoms with E-state index >= 15 is 0 Å². The second-order valence-corrected chi connectivity index (χ2v) is 3.87. The van der Waals surface area contributed by atoms with Gasteiger partial charge in [0, 0.05) is 18.0 Å². The molecule has 15 heavy (non-hydrogen) atoms. The number of H-pyrrole nitrogens is 1. The van der Waals surface area contributed by atoms with Crippen LogP contribution in [-0.4, -0.2) is 17.9 Å². The lowest BCUT2D eigenvalue weighted by Crippen LogP contribution is -2.17. The minimum atomic E-state index is -0.182. The highest BCUT2D eigenvalue weighted by Gasteiger charge is 2.11. The van der Waals surface area contributed by atoms with Gasteiger partial charge in [-0.2, -0.15) is 0 Å². The number of hydrogen-bond donors (Lipinski definition) is 2. The topological polar surface area (TPSA) is 44.9 Å². The third-order valence-corrected chi connectivity index (χ3v) is 2.98. The Morgan fingerprint density at radius 1 is 1.40 bits per heavy atom. The molecule has 2 N–H and O–H groups in total. The normalized spacial score (nSPS) is 10.6. The van der Waals surface area contributed by atoms with Crippen LogP contribution in [0.2, 0.25) is 10.0 Å². The predicted molar refractivity (Wildman–Crippen MR) is 61.7 cm³/mol. The number of fused-ring (bicyclic) bond motifs is 1. The fraction of sp³-hybridized carbons (Fsp3) is 0.100. The Morgan fingerprint density at radius 3 is 2.80 bits per heavy atom. The number of aromatic amines is 1. The van der Waals surface area contributed by atoms with Crippen molar-refractivity contribution in [3.8, 4) is 0 Å². The van der Waals surface area contributed by atoms with Crippen molar-refractivity contribution >= 4 is 40.0 Å². The first kappa shape index (κ1) is 10.3. The fourth-order valence-electron chi connectivity index (χ4n) is 1.40. The molecule has 0 bridgehead atoms. The number of benzene rings is 1. The molecule has 2 aromatic rings. The maximum Gasteiger partial charge on any atom is 0.267 e. The summed E-state index contributed by atoms with van der Waals surface area (Å²) >= 11 is 11.9. The van der Waals surface area contributed by atoms with E-state index in [0.717, 1.165) is 10.9 Å².